The van der Waals surface area contributed by atoms with Gasteiger partial charge in [-0.2, -0.15) is 4.98 Å². The maximum atomic E-state index is 5.48. The Hall–Kier alpha value is -2.21. The van der Waals surface area contributed by atoms with Crippen molar-refractivity contribution in [3.8, 4) is 11.5 Å². The van der Waals surface area contributed by atoms with E-state index in [2.05, 4.69) is 20.1 Å². The summed E-state index contributed by atoms with van der Waals surface area (Å²) in [6, 6.07) is 5.70. The smallest absolute Gasteiger partial charge is 0.251 e. The van der Waals surface area contributed by atoms with Gasteiger partial charge in [-0.3, -0.25) is 10.1 Å². The van der Waals surface area contributed by atoms with Gasteiger partial charge in [-0.25, -0.2) is 9.50 Å². The maximum Gasteiger partial charge on any atom is 0.251 e. The fourth-order valence-electron chi connectivity index (χ4n) is 1.70. The van der Waals surface area contributed by atoms with Crippen LogP contribution in [0.5, 0.6) is 0 Å². The summed E-state index contributed by atoms with van der Waals surface area (Å²) in [7, 11) is 0. The predicted molar refractivity (Wildman–Crippen MR) is 63.3 cm³/mol. The van der Waals surface area contributed by atoms with Gasteiger partial charge in [0.25, 0.3) is 5.78 Å². The lowest BCUT2D eigenvalue weighted by Gasteiger charge is -1.93. The summed E-state index contributed by atoms with van der Waals surface area (Å²) in [5.41, 5.74) is 7.23. The third kappa shape index (κ3) is 1.78. The van der Waals surface area contributed by atoms with Gasteiger partial charge < -0.3 is 5.73 Å². The van der Waals surface area contributed by atoms with E-state index in [-0.39, 0.29) is 0 Å². The van der Waals surface area contributed by atoms with E-state index in [9.17, 15) is 0 Å². The minimum absolute atomic E-state index is 0.591. The number of hydrogen-bond acceptors (Lipinski definition) is 4. The summed E-state index contributed by atoms with van der Waals surface area (Å²) in [5.74, 6) is 1.36. The van der Waals surface area contributed by atoms with Crippen LogP contribution in [-0.2, 0) is 6.42 Å². The molecule has 0 radical (unpaired) electrons. The Balaban J connectivity index is 2.01. The minimum atomic E-state index is 0.591. The van der Waals surface area contributed by atoms with Crippen LogP contribution >= 0.6 is 0 Å². The number of pyridine rings is 1. The Morgan fingerprint density at radius 2 is 2.24 bits per heavy atom. The molecule has 0 bridgehead atoms. The Morgan fingerprint density at radius 1 is 1.29 bits per heavy atom. The van der Waals surface area contributed by atoms with Gasteiger partial charge in [0.1, 0.15) is 5.69 Å². The minimum Gasteiger partial charge on any atom is -0.330 e. The van der Waals surface area contributed by atoms with Crippen LogP contribution in [0.25, 0.3) is 17.3 Å². The van der Waals surface area contributed by atoms with Crippen LogP contribution in [0.3, 0.4) is 0 Å². The van der Waals surface area contributed by atoms with E-state index >= 15 is 0 Å². The van der Waals surface area contributed by atoms with Crippen molar-refractivity contribution in [1.82, 2.24) is 24.6 Å². The van der Waals surface area contributed by atoms with Gasteiger partial charge in [0.15, 0.2) is 5.82 Å². The van der Waals surface area contributed by atoms with Crippen LogP contribution in [0.15, 0.2) is 30.6 Å². The fourth-order valence-corrected chi connectivity index (χ4v) is 1.70. The van der Waals surface area contributed by atoms with E-state index < -0.39 is 0 Å². The Morgan fingerprint density at radius 3 is 2.94 bits per heavy atom. The number of imidazole rings is 1. The molecule has 0 atom stereocenters. The number of hydrogen-bond donors (Lipinski definition) is 2. The molecule has 0 aliphatic rings. The zero-order chi connectivity index (χ0) is 11.7. The summed E-state index contributed by atoms with van der Waals surface area (Å²) < 4.78 is 1.79. The molecular formula is C11H12N6. The van der Waals surface area contributed by atoms with Crippen LogP contribution < -0.4 is 5.73 Å². The molecule has 0 spiro atoms. The van der Waals surface area contributed by atoms with Crippen LogP contribution in [-0.4, -0.2) is 31.1 Å². The molecular weight excluding hydrogens is 216 g/mol. The molecule has 3 aromatic rings. The highest BCUT2D eigenvalue weighted by molar-refractivity contribution is 5.51. The molecule has 3 rings (SSSR count). The molecule has 6 nitrogen and oxygen atoms in total. The van der Waals surface area contributed by atoms with Crippen molar-refractivity contribution < 1.29 is 0 Å². The number of nitrogens with zero attached hydrogens (tertiary/aromatic N) is 4. The van der Waals surface area contributed by atoms with Gasteiger partial charge in [0.2, 0.25) is 0 Å². The van der Waals surface area contributed by atoms with Crippen LogP contribution in [0.1, 0.15) is 5.69 Å². The van der Waals surface area contributed by atoms with Crippen molar-refractivity contribution >= 4 is 5.78 Å². The monoisotopic (exact) mass is 228 g/mol. The molecule has 0 amide bonds. The van der Waals surface area contributed by atoms with E-state index in [1.54, 1.807) is 10.7 Å². The molecule has 3 aromatic heterocycles. The van der Waals surface area contributed by atoms with Gasteiger partial charge in [-0.05, 0) is 18.7 Å². The molecule has 0 aliphatic heterocycles. The van der Waals surface area contributed by atoms with Gasteiger partial charge in [0, 0.05) is 12.6 Å². The number of nitrogens with two attached hydrogens (primary N) is 1. The first-order chi connectivity index (χ1) is 8.36. The summed E-state index contributed by atoms with van der Waals surface area (Å²) in [6.45, 7) is 0.591. The number of fused-ring (bicyclic) bond motifs is 1. The SMILES string of the molecule is NCCc1cn2[nH]c(-c3ccccn3)nc2n1. The van der Waals surface area contributed by atoms with Crippen molar-refractivity contribution in [3.63, 3.8) is 0 Å². The molecule has 0 aromatic carbocycles. The largest absolute Gasteiger partial charge is 0.330 e. The number of H-pyrrole nitrogens is 1. The number of aromatic amines is 1. The number of aromatic nitrogens is 5. The molecule has 0 saturated carbocycles. The first-order valence-corrected chi connectivity index (χ1v) is 5.42. The first-order valence-electron chi connectivity index (χ1n) is 5.42. The average molecular weight is 228 g/mol. The number of nitrogens with one attached hydrogen (secondary N) is 1. The van der Waals surface area contributed by atoms with Crippen molar-refractivity contribution in [2.75, 3.05) is 6.54 Å². The second-order valence-electron chi connectivity index (χ2n) is 3.73. The van der Waals surface area contributed by atoms with Crippen molar-refractivity contribution in [2.24, 2.45) is 5.73 Å². The molecule has 17 heavy (non-hydrogen) atoms. The van der Waals surface area contributed by atoms with Gasteiger partial charge >= 0.3 is 0 Å². The maximum absolute atomic E-state index is 5.48. The third-order valence-electron chi connectivity index (χ3n) is 2.48. The second kappa shape index (κ2) is 3.99. The van der Waals surface area contributed by atoms with Crippen LogP contribution in [0, 0.1) is 0 Å². The molecule has 0 aliphatic carbocycles. The Labute approximate surface area is 97.5 Å². The highest BCUT2D eigenvalue weighted by Gasteiger charge is 2.08. The van der Waals surface area contributed by atoms with Gasteiger partial charge in [-0.15, -0.1) is 0 Å². The predicted octanol–water partition coefficient (Wildman–Crippen LogP) is 0.621. The topological polar surface area (TPSA) is 84.9 Å². The molecule has 0 fully saturated rings. The highest BCUT2D eigenvalue weighted by atomic mass is 15.3. The third-order valence-corrected chi connectivity index (χ3v) is 2.48. The van der Waals surface area contributed by atoms with E-state index in [0.29, 0.717) is 18.1 Å². The van der Waals surface area contributed by atoms with E-state index in [4.69, 9.17) is 5.73 Å². The van der Waals surface area contributed by atoms with Crippen molar-refractivity contribution in [3.05, 3.63) is 36.3 Å². The Bertz CT molecular complexity index is 592. The van der Waals surface area contributed by atoms with Crippen LogP contribution in [0.4, 0.5) is 0 Å². The quantitative estimate of drug-likeness (QED) is 0.688. The molecule has 0 saturated heterocycles. The zero-order valence-electron chi connectivity index (χ0n) is 9.17. The normalized spacial score (nSPS) is 11.1. The van der Waals surface area contributed by atoms with Crippen molar-refractivity contribution in [2.45, 2.75) is 6.42 Å². The molecule has 3 N–H and O–H groups in total. The number of rotatable bonds is 3. The summed E-state index contributed by atoms with van der Waals surface area (Å²) in [6.07, 6.45) is 4.40. The first kappa shape index (κ1) is 9.98. The zero-order valence-corrected chi connectivity index (χ0v) is 9.17. The van der Waals surface area contributed by atoms with E-state index in [1.807, 2.05) is 24.4 Å². The summed E-state index contributed by atoms with van der Waals surface area (Å²) in [4.78, 5) is 13.0. The standard InChI is InChI=1S/C11H12N6/c12-5-4-8-7-17-11(14-8)15-10(16-17)9-3-1-2-6-13-9/h1-3,6-7H,4-5,12H2,(H,14,15,16). The summed E-state index contributed by atoms with van der Waals surface area (Å²) in [5, 5.41) is 3.13. The van der Waals surface area contributed by atoms with Crippen molar-refractivity contribution in [1.29, 1.82) is 0 Å². The van der Waals surface area contributed by atoms with Gasteiger partial charge in [0.05, 0.1) is 11.9 Å². The van der Waals surface area contributed by atoms with Crippen LogP contribution in [0.2, 0.25) is 0 Å². The lowest BCUT2D eigenvalue weighted by molar-refractivity contribution is 0.921. The highest BCUT2D eigenvalue weighted by Crippen LogP contribution is 2.12. The molecule has 3 heterocycles. The van der Waals surface area contributed by atoms with E-state index in [1.165, 1.54) is 0 Å². The lowest BCUT2D eigenvalue weighted by Crippen LogP contribution is -2.02. The summed E-state index contributed by atoms with van der Waals surface area (Å²) >= 11 is 0. The second-order valence-corrected chi connectivity index (χ2v) is 3.73. The Kier molecular flexibility index (Phi) is 2.34. The van der Waals surface area contributed by atoms with E-state index in [0.717, 1.165) is 17.8 Å². The molecule has 86 valence electrons. The fraction of sp³-hybridized carbons (Fsp3) is 0.182. The molecule has 0 unspecified atom stereocenters. The molecule has 6 heteroatoms. The van der Waals surface area contributed by atoms with Gasteiger partial charge in [-0.1, -0.05) is 6.07 Å². The lowest BCUT2D eigenvalue weighted by atomic mass is 10.3. The average Bonchev–Trinajstić information content (AvgIpc) is 2.88.